The molecule has 0 saturated carbocycles. The van der Waals surface area contributed by atoms with E-state index in [0.717, 1.165) is 25.8 Å². The number of carboxylic acid groups (broad SMARTS) is 3. The second-order valence-corrected chi connectivity index (χ2v) is 11.3. The Kier molecular flexibility index (Phi) is 25.1. The van der Waals surface area contributed by atoms with E-state index in [0.29, 0.717) is 43.4 Å². The maximum absolute atomic E-state index is 11.1. The first-order valence-corrected chi connectivity index (χ1v) is 15.9. The van der Waals surface area contributed by atoms with Gasteiger partial charge in [0.2, 0.25) is 0 Å². The van der Waals surface area contributed by atoms with Crippen LogP contribution in [0, 0.1) is 0 Å². The highest BCUT2D eigenvalue weighted by atomic mass is 16.4. The van der Waals surface area contributed by atoms with Gasteiger partial charge in [-0.15, -0.1) is 0 Å². The molecule has 228 valence electrons. The molecule has 2 N–H and O–H groups in total. The van der Waals surface area contributed by atoms with Crippen molar-refractivity contribution in [1.29, 1.82) is 0 Å². The van der Waals surface area contributed by atoms with E-state index in [1.165, 1.54) is 83.5 Å². The average molecular weight is 554 g/mol. The van der Waals surface area contributed by atoms with Crippen molar-refractivity contribution in [2.45, 2.75) is 148 Å². The maximum Gasteiger partial charge on any atom is 0.303 e. The number of hydrogen-bond donors (Lipinski definition) is 2. The number of allylic oxidation sites excluding steroid dienone is 2. The Morgan fingerprint density at radius 2 is 0.897 bits per heavy atom. The topological polar surface area (TPSA) is 115 Å². The van der Waals surface area contributed by atoms with Gasteiger partial charge in [0.25, 0.3) is 0 Å². The van der Waals surface area contributed by atoms with Crippen LogP contribution in [0.5, 0.6) is 0 Å². The molecule has 0 aromatic heterocycles. The van der Waals surface area contributed by atoms with Crippen molar-refractivity contribution < 1.29 is 34.2 Å². The standard InChI is InChI=1S/C32H59NO6/c1-2-3-4-5-6-7-8-9-10-11-12-13-14-15-16-17-18-19-26-33(27-20-23-30(34)35,28-21-24-31(36)37)29-22-25-32(38)39/h3-4H,2,5-29H2,1H3,(H2-,34,35,36,37,38,39)/b4-3+. The van der Waals surface area contributed by atoms with E-state index in [4.69, 9.17) is 10.2 Å². The molecule has 0 amide bonds. The van der Waals surface area contributed by atoms with Gasteiger partial charge in [-0.05, 0) is 38.5 Å². The molecule has 0 radical (unpaired) electrons. The summed E-state index contributed by atoms with van der Waals surface area (Å²) >= 11 is 0. The Hall–Kier alpha value is -1.89. The molecule has 7 nitrogen and oxygen atoms in total. The molecule has 0 aromatic carbocycles. The SMILES string of the molecule is CC/C=C/CCCCCCCCCCCCCCCC[N+](CCCC(=O)[O-])(CCCC(=O)O)CCCC(=O)O. The summed E-state index contributed by atoms with van der Waals surface area (Å²) in [7, 11) is 0. The van der Waals surface area contributed by atoms with E-state index in [1.807, 2.05) is 0 Å². The van der Waals surface area contributed by atoms with Crippen LogP contribution >= 0.6 is 0 Å². The third kappa shape index (κ3) is 26.1. The number of aliphatic carboxylic acids is 3. The summed E-state index contributed by atoms with van der Waals surface area (Å²) < 4.78 is 0.615. The van der Waals surface area contributed by atoms with Gasteiger partial charge < -0.3 is 24.6 Å². The number of quaternary nitrogens is 1. The first kappa shape index (κ1) is 37.1. The quantitative estimate of drug-likeness (QED) is 0.0569. The van der Waals surface area contributed by atoms with E-state index in [1.54, 1.807) is 0 Å². The van der Waals surface area contributed by atoms with Crippen molar-refractivity contribution >= 4 is 17.9 Å². The van der Waals surface area contributed by atoms with Crippen LogP contribution in [0.3, 0.4) is 0 Å². The molecule has 0 aromatic rings. The second kappa shape index (κ2) is 26.3. The van der Waals surface area contributed by atoms with E-state index < -0.39 is 17.9 Å². The molecular weight excluding hydrogens is 494 g/mol. The van der Waals surface area contributed by atoms with Crippen molar-refractivity contribution in [2.75, 3.05) is 26.2 Å². The molecule has 0 atom stereocenters. The monoisotopic (exact) mass is 553 g/mol. The van der Waals surface area contributed by atoms with Crippen LogP contribution in [-0.4, -0.2) is 58.8 Å². The lowest BCUT2D eigenvalue weighted by Crippen LogP contribution is -2.51. The van der Waals surface area contributed by atoms with E-state index in [-0.39, 0.29) is 19.3 Å². The summed E-state index contributed by atoms with van der Waals surface area (Å²) in [6.45, 7) is 4.95. The van der Waals surface area contributed by atoms with Gasteiger partial charge in [-0.1, -0.05) is 89.7 Å². The minimum absolute atomic E-state index is 0.0190. The number of carboxylic acids is 3. The normalized spacial score (nSPS) is 11.8. The first-order chi connectivity index (χ1) is 18.8. The van der Waals surface area contributed by atoms with Crippen molar-refractivity contribution in [3.8, 4) is 0 Å². The minimum atomic E-state index is -1.07. The average Bonchev–Trinajstić information content (AvgIpc) is 2.87. The van der Waals surface area contributed by atoms with Gasteiger partial charge in [-0.2, -0.15) is 0 Å². The van der Waals surface area contributed by atoms with Crippen molar-refractivity contribution in [1.82, 2.24) is 0 Å². The summed E-state index contributed by atoms with van der Waals surface area (Å²) in [6.07, 6.45) is 26.5. The second-order valence-electron chi connectivity index (χ2n) is 11.3. The van der Waals surface area contributed by atoms with Gasteiger partial charge in [0.1, 0.15) is 0 Å². The largest absolute Gasteiger partial charge is 0.550 e. The molecule has 0 aliphatic heterocycles. The lowest BCUT2D eigenvalue weighted by atomic mass is 10.0. The third-order valence-corrected chi connectivity index (χ3v) is 7.72. The van der Waals surface area contributed by atoms with E-state index in [9.17, 15) is 19.5 Å². The molecule has 0 aliphatic carbocycles. The molecule has 39 heavy (non-hydrogen) atoms. The summed E-state index contributed by atoms with van der Waals surface area (Å²) in [5.41, 5.74) is 0. The van der Waals surface area contributed by atoms with Crippen LogP contribution in [0.1, 0.15) is 148 Å². The van der Waals surface area contributed by atoms with Crippen LogP contribution in [0.15, 0.2) is 12.2 Å². The highest BCUT2D eigenvalue weighted by Gasteiger charge is 2.26. The Labute approximate surface area is 238 Å². The van der Waals surface area contributed by atoms with Crippen LogP contribution in [0.25, 0.3) is 0 Å². The van der Waals surface area contributed by atoms with Gasteiger partial charge >= 0.3 is 11.9 Å². The van der Waals surface area contributed by atoms with Gasteiger partial charge in [-0.3, -0.25) is 9.59 Å². The molecule has 0 rings (SSSR count). The zero-order chi connectivity index (χ0) is 29.0. The highest BCUT2D eigenvalue weighted by molar-refractivity contribution is 5.66. The van der Waals surface area contributed by atoms with Gasteiger partial charge in [-0.25, -0.2) is 0 Å². The number of rotatable bonds is 30. The number of carbonyl (C=O) groups is 3. The number of hydrogen-bond acceptors (Lipinski definition) is 4. The summed E-state index contributed by atoms with van der Waals surface area (Å²) in [5.74, 6) is -2.74. The lowest BCUT2D eigenvalue weighted by Gasteiger charge is -2.39. The number of unbranched alkanes of at least 4 members (excludes halogenated alkanes) is 14. The lowest BCUT2D eigenvalue weighted by molar-refractivity contribution is -0.929. The molecular formula is C32H59NO6. The number of nitrogens with zero attached hydrogens (tertiary/aromatic N) is 1. The molecule has 0 heterocycles. The molecule has 0 bridgehead atoms. The zero-order valence-corrected chi connectivity index (χ0v) is 25.0. The zero-order valence-electron chi connectivity index (χ0n) is 25.0. The smallest absolute Gasteiger partial charge is 0.303 e. The highest BCUT2D eigenvalue weighted by Crippen LogP contribution is 2.19. The third-order valence-electron chi connectivity index (χ3n) is 7.72. The van der Waals surface area contributed by atoms with Crippen LogP contribution in [-0.2, 0) is 14.4 Å². The summed E-state index contributed by atoms with van der Waals surface area (Å²) in [4.78, 5) is 33.1. The fraction of sp³-hybridized carbons (Fsp3) is 0.844. The Balaban J connectivity index is 4.14. The van der Waals surface area contributed by atoms with Crippen molar-refractivity contribution in [3.63, 3.8) is 0 Å². The summed E-state index contributed by atoms with van der Waals surface area (Å²) in [5, 5.41) is 29.1. The van der Waals surface area contributed by atoms with Crippen LogP contribution < -0.4 is 5.11 Å². The fourth-order valence-electron chi connectivity index (χ4n) is 5.48. The summed E-state index contributed by atoms with van der Waals surface area (Å²) in [6, 6.07) is 0. The Morgan fingerprint density at radius 3 is 1.28 bits per heavy atom. The van der Waals surface area contributed by atoms with Crippen molar-refractivity contribution in [2.24, 2.45) is 0 Å². The van der Waals surface area contributed by atoms with Crippen LogP contribution in [0.4, 0.5) is 0 Å². The molecule has 0 spiro atoms. The fourth-order valence-corrected chi connectivity index (χ4v) is 5.48. The van der Waals surface area contributed by atoms with E-state index in [2.05, 4.69) is 19.1 Å². The predicted molar refractivity (Wildman–Crippen MR) is 156 cm³/mol. The molecule has 0 unspecified atom stereocenters. The van der Waals surface area contributed by atoms with Gasteiger partial charge in [0.05, 0.1) is 39.0 Å². The first-order valence-electron chi connectivity index (χ1n) is 15.9. The van der Waals surface area contributed by atoms with Gasteiger partial charge in [0, 0.05) is 25.2 Å². The molecule has 0 saturated heterocycles. The maximum atomic E-state index is 11.1. The van der Waals surface area contributed by atoms with Gasteiger partial charge in [0.15, 0.2) is 0 Å². The number of carbonyl (C=O) groups excluding carboxylic acids is 1. The minimum Gasteiger partial charge on any atom is -0.550 e. The Bertz CT molecular complexity index is 598. The molecule has 7 heteroatoms. The van der Waals surface area contributed by atoms with Crippen molar-refractivity contribution in [3.05, 3.63) is 12.2 Å². The van der Waals surface area contributed by atoms with Crippen LogP contribution in [0.2, 0.25) is 0 Å². The van der Waals surface area contributed by atoms with E-state index >= 15 is 0 Å². The molecule has 0 aliphatic rings. The predicted octanol–water partition coefficient (Wildman–Crippen LogP) is 6.88. The molecule has 0 fully saturated rings. The Morgan fingerprint density at radius 1 is 0.538 bits per heavy atom.